The smallest absolute Gasteiger partial charge is 0.339 e. The van der Waals surface area contributed by atoms with Crippen LogP contribution in [0.4, 0.5) is 0 Å². The molecule has 1 aromatic heterocycles. The number of Topliss-reactive ketones (excluding diaryl/α,β-unsaturated/α-hetero) is 1. The first-order valence-corrected chi connectivity index (χ1v) is 10.3. The van der Waals surface area contributed by atoms with Crippen LogP contribution in [0.3, 0.4) is 0 Å². The fraction of sp³-hybridized carbons (Fsp3) is 0.368. The van der Waals surface area contributed by atoms with Crippen molar-refractivity contribution in [3.8, 4) is 0 Å². The number of ketones is 1. The molecule has 1 fully saturated rings. The Morgan fingerprint density at radius 1 is 1.15 bits per heavy atom. The molecule has 3 rings (SSSR count). The Bertz CT molecular complexity index is 983. The highest BCUT2D eigenvalue weighted by molar-refractivity contribution is 7.90. The molecule has 0 N–H and O–H groups in total. The molecular formula is C19H21NO5S. The summed E-state index contributed by atoms with van der Waals surface area (Å²) in [6.07, 6.45) is 3.25. The number of ether oxygens (including phenoxy) is 1. The second-order valence-corrected chi connectivity index (χ2v) is 8.64. The first-order valence-electron chi connectivity index (χ1n) is 8.38. The molecule has 6 nitrogen and oxygen atoms in total. The maximum absolute atomic E-state index is 12.5. The van der Waals surface area contributed by atoms with E-state index in [1.807, 2.05) is 19.9 Å². The predicted octanol–water partition coefficient (Wildman–Crippen LogP) is 2.88. The maximum Gasteiger partial charge on any atom is 0.339 e. The zero-order chi connectivity index (χ0) is 19.1. The summed E-state index contributed by atoms with van der Waals surface area (Å²) in [6, 6.07) is 8.08. The molecule has 26 heavy (non-hydrogen) atoms. The molecule has 2 aromatic rings. The van der Waals surface area contributed by atoms with Crippen LogP contribution < -0.4 is 0 Å². The van der Waals surface area contributed by atoms with E-state index in [4.69, 9.17) is 4.74 Å². The molecule has 1 aliphatic rings. The number of nitrogens with zero attached hydrogens (tertiary/aromatic N) is 1. The Morgan fingerprint density at radius 2 is 1.81 bits per heavy atom. The van der Waals surface area contributed by atoms with Crippen LogP contribution in [0.1, 0.15) is 51.0 Å². The highest BCUT2D eigenvalue weighted by Crippen LogP contribution is 2.38. The van der Waals surface area contributed by atoms with Gasteiger partial charge in [-0.05, 0) is 44.9 Å². The standard InChI is InChI=1S/C19H21NO5S/c1-12-10-16(13(2)20(12)14-8-9-14)17(21)11-25-19(22)15-6-4-5-7-18(15)26(3,23)24/h4-7,10,14H,8-9,11H2,1-3H3. The van der Waals surface area contributed by atoms with Gasteiger partial charge in [-0.15, -0.1) is 0 Å². The van der Waals surface area contributed by atoms with Gasteiger partial charge in [0.25, 0.3) is 0 Å². The number of hydrogen-bond donors (Lipinski definition) is 0. The van der Waals surface area contributed by atoms with Gasteiger partial charge in [-0.2, -0.15) is 0 Å². The number of carbonyl (C=O) groups excluding carboxylic acids is 2. The monoisotopic (exact) mass is 375 g/mol. The van der Waals surface area contributed by atoms with E-state index in [1.54, 1.807) is 6.07 Å². The number of hydrogen-bond acceptors (Lipinski definition) is 5. The first-order chi connectivity index (χ1) is 12.2. The summed E-state index contributed by atoms with van der Waals surface area (Å²) in [6.45, 7) is 3.42. The van der Waals surface area contributed by atoms with E-state index in [-0.39, 0.29) is 16.2 Å². The summed E-state index contributed by atoms with van der Waals surface area (Å²) in [7, 11) is -3.57. The normalized spacial score (nSPS) is 14.3. The molecule has 7 heteroatoms. The minimum atomic E-state index is -3.57. The summed E-state index contributed by atoms with van der Waals surface area (Å²) in [5.41, 5.74) is 2.37. The van der Waals surface area contributed by atoms with Gasteiger partial charge in [0.1, 0.15) is 0 Å². The summed E-state index contributed by atoms with van der Waals surface area (Å²) < 4.78 is 30.8. The number of carbonyl (C=O) groups is 2. The fourth-order valence-electron chi connectivity index (χ4n) is 3.20. The number of aryl methyl sites for hydroxylation is 1. The van der Waals surface area contributed by atoms with E-state index in [0.29, 0.717) is 11.6 Å². The lowest BCUT2D eigenvalue weighted by atomic mass is 10.1. The van der Waals surface area contributed by atoms with E-state index in [2.05, 4.69) is 4.57 Å². The van der Waals surface area contributed by atoms with Crippen molar-refractivity contribution in [1.82, 2.24) is 4.57 Å². The van der Waals surface area contributed by atoms with Crippen LogP contribution in [0.15, 0.2) is 35.2 Å². The zero-order valence-corrected chi connectivity index (χ0v) is 15.8. The van der Waals surface area contributed by atoms with Crippen LogP contribution >= 0.6 is 0 Å². The maximum atomic E-state index is 12.5. The van der Waals surface area contributed by atoms with Gasteiger partial charge in [-0.1, -0.05) is 12.1 Å². The summed E-state index contributed by atoms with van der Waals surface area (Å²) in [4.78, 5) is 24.7. The Morgan fingerprint density at radius 3 is 2.42 bits per heavy atom. The Balaban J connectivity index is 1.75. The van der Waals surface area contributed by atoms with Crippen molar-refractivity contribution < 1.29 is 22.7 Å². The third-order valence-electron chi connectivity index (χ3n) is 4.54. The molecule has 1 saturated carbocycles. The Hall–Kier alpha value is -2.41. The molecule has 0 aliphatic heterocycles. The van der Waals surface area contributed by atoms with E-state index < -0.39 is 22.4 Å². The highest BCUT2D eigenvalue weighted by Gasteiger charge is 2.28. The molecule has 0 unspecified atom stereocenters. The van der Waals surface area contributed by atoms with Crippen molar-refractivity contribution in [2.75, 3.05) is 12.9 Å². The lowest BCUT2D eigenvalue weighted by molar-refractivity contribution is 0.0470. The molecule has 0 atom stereocenters. The number of esters is 1. The zero-order valence-electron chi connectivity index (χ0n) is 15.0. The van der Waals surface area contributed by atoms with Crippen molar-refractivity contribution in [1.29, 1.82) is 0 Å². The number of rotatable bonds is 6. The Labute approximate surface area is 152 Å². The first kappa shape index (κ1) is 18.4. The van der Waals surface area contributed by atoms with Gasteiger partial charge in [-0.25, -0.2) is 13.2 Å². The second-order valence-electron chi connectivity index (χ2n) is 6.65. The summed E-state index contributed by atoms with van der Waals surface area (Å²) >= 11 is 0. The van der Waals surface area contributed by atoms with Gasteiger partial charge in [0.2, 0.25) is 5.78 Å². The van der Waals surface area contributed by atoms with E-state index in [0.717, 1.165) is 30.5 Å². The molecule has 1 aliphatic carbocycles. The quantitative estimate of drug-likeness (QED) is 0.573. The third kappa shape index (κ3) is 3.58. The van der Waals surface area contributed by atoms with Gasteiger partial charge < -0.3 is 9.30 Å². The summed E-state index contributed by atoms with van der Waals surface area (Å²) in [5, 5.41) is 0. The molecule has 0 bridgehead atoms. The van der Waals surface area contributed by atoms with E-state index in [9.17, 15) is 18.0 Å². The van der Waals surface area contributed by atoms with Gasteiger partial charge >= 0.3 is 5.97 Å². The van der Waals surface area contributed by atoms with Crippen LogP contribution in [0, 0.1) is 13.8 Å². The van der Waals surface area contributed by atoms with Crippen molar-refractivity contribution >= 4 is 21.6 Å². The van der Waals surface area contributed by atoms with Crippen molar-refractivity contribution in [3.63, 3.8) is 0 Å². The Kier molecular flexibility index (Phi) is 4.75. The van der Waals surface area contributed by atoms with Crippen molar-refractivity contribution in [2.45, 2.75) is 37.6 Å². The van der Waals surface area contributed by atoms with Gasteiger partial charge in [0.15, 0.2) is 16.4 Å². The average molecular weight is 375 g/mol. The molecule has 0 spiro atoms. The molecule has 0 amide bonds. The van der Waals surface area contributed by atoms with Crippen LogP contribution in [-0.2, 0) is 14.6 Å². The molecule has 138 valence electrons. The molecule has 1 heterocycles. The molecule has 0 radical (unpaired) electrons. The SMILES string of the molecule is Cc1cc(C(=O)COC(=O)c2ccccc2S(C)(=O)=O)c(C)n1C1CC1. The largest absolute Gasteiger partial charge is 0.454 e. The lowest BCUT2D eigenvalue weighted by Crippen LogP contribution is -2.17. The van der Waals surface area contributed by atoms with Crippen LogP contribution in [-0.4, -0.2) is 37.6 Å². The van der Waals surface area contributed by atoms with Crippen LogP contribution in [0.2, 0.25) is 0 Å². The summed E-state index contributed by atoms with van der Waals surface area (Å²) in [5.74, 6) is -1.12. The predicted molar refractivity (Wildman–Crippen MR) is 96.3 cm³/mol. The minimum absolute atomic E-state index is 0.0637. The third-order valence-corrected chi connectivity index (χ3v) is 5.69. The number of benzene rings is 1. The van der Waals surface area contributed by atoms with Gasteiger partial charge in [0, 0.05) is 29.2 Å². The van der Waals surface area contributed by atoms with Gasteiger partial charge in [0.05, 0.1) is 10.5 Å². The number of sulfone groups is 1. The topological polar surface area (TPSA) is 82.4 Å². The molecular weight excluding hydrogens is 354 g/mol. The molecule has 0 saturated heterocycles. The second kappa shape index (κ2) is 6.72. The fourth-order valence-corrected chi connectivity index (χ4v) is 4.08. The average Bonchev–Trinajstić information content (AvgIpc) is 3.36. The van der Waals surface area contributed by atoms with E-state index >= 15 is 0 Å². The van der Waals surface area contributed by atoms with Crippen LogP contribution in [0.5, 0.6) is 0 Å². The lowest BCUT2D eigenvalue weighted by Gasteiger charge is -2.09. The highest BCUT2D eigenvalue weighted by atomic mass is 32.2. The van der Waals surface area contributed by atoms with Crippen molar-refractivity contribution in [2.24, 2.45) is 0 Å². The minimum Gasteiger partial charge on any atom is -0.454 e. The van der Waals surface area contributed by atoms with Gasteiger partial charge in [-0.3, -0.25) is 4.79 Å². The molecule has 1 aromatic carbocycles. The van der Waals surface area contributed by atoms with Crippen molar-refractivity contribution in [3.05, 3.63) is 52.8 Å². The van der Waals surface area contributed by atoms with E-state index in [1.165, 1.54) is 18.2 Å². The number of aromatic nitrogens is 1. The van der Waals surface area contributed by atoms with Crippen LogP contribution in [0.25, 0.3) is 0 Å².